The van der Waals surface area contributed by atoms with Crippen molar-refractivity contribution in [1.29, 1.82) is 0 Å². The molecule has 0 atom stereocenters. The highest BCUT2D eigenvalue weighted by atomic mass is 16.4. The van der Waals surface area contributed by atoms with Crippen LogP contribution in [0.2, 0.25) is 0 Å². The fraction of sp³-hybridized carbons (Fsp3) is 0.278. The second kappa shape index (κ2) is 8.08. The van der Waals surface area contributed by atoms with E-state index in [-0.39, 0.29) is 11.5 Å². The van der Waals surface area contributed by atoms with Crippen molar-refractivity contribution in [3.05, 3.63) is 65.5 Å². The van der Waals surface area contributed by atoms with Crippen LogP contribution in [0.3, 0.4) is 0 Å². The third-order valence-corrected chi connectivity index (χ3v) is 3.50. The molecule has 0 saturated heterocycles. The third kappa shape index (κ3) is 4.64. The summed E-state index contributed by atoms with van der Waals surface area (Å²) in [4.78, 5) is 29.7. The maximum atomic E-state index is 12.6. The Labute approximate surface area is 135 Å². The zero-order chi connectivity index (χ0) is 16.7. The molecule has 0 saturated carbocycles. The number of amides is 1. The Bertz CT molecular complexity index is 671. The van der Waals surface area contributed by atoms with Crippen molar-refractivity contribution in [2.24, 2.45) is 0 Å². The average molecular weight is 312 g/mol. The fourth-order valence-electron chi connectivity index (χ4n) is 2.35. The van der Waals surface area contributed by atoms with Gasteiger partial charge in [0, 0.05) is 37.0 Å². The number of rotatable bonds is 7. The third-order valence-electron chi connectivity index (χ3n) is 3.50. The molecule has 0 aliphatic rings. The van der Waals surface area contributed by atoms with Crippen LogP contribution in [0.25, 0.3) is 0 Å². The zero-order valence-corrected chi connectivity index (χ0v) is 13.1. The predicted octanol–water partition coefficient (Wildman–Crippen LogP) is 2.87. The number of hydrogen-bond acceptors (Lipinski definition) is 3. The van der Waals surface area contributed by atoms with Crippen LogP contribution in [-0.2, 0) is 6.42 Å². The molecule has 0 radical (unpaired) electrons. The van der Waals surface area contributed by atoms with Gasteiger partial charge in [-0.1, -0.05) is 19.1 Å². The van der Waals surface area contributed by atoms with Gasteiger partial charge >= 0.3 is 5.97 Å². The lowest BCUT2D eigenvalue weighted by atomic mass is 10.1. The zero-order valence-electron chi connectivity index (χ0n) is 13.1. The minimum atomic E-state index is -1.03. The van der Waals surface area contributed by atoms with Gasteiger partial charge in [-0.25, -0.2) is 4.79 Å². The molecule has 0 spiro atoms. The number of nitrogens with zero attached hydrogens (tertiary/aromatic N) is 2. The van der Waals surface area contributed by atoms with Crippen molar-refractivity contribution >= 4 is 11.9 Å². The summed E-state index contributed by atoms with van der Waals surface area (Å²) in [5, 5.41) is 9.05. The standard InChI is InChI=1S/C18H20N2O3/c1-2-11-20(12-9-16-8-3-4-10-19-16)17(21)14-6-5-7-15(13-14)18(22)23/h3-8,10,13H,2,9,11-12H2,1H3,(H,22,23). The van der Waals surface area contributed by atoms with E-state index in [1.165, 1.54) is 12.1 Å². The van der Waals surface area contributed by atoms with E-state index in [0.29, 0.717) is 25.1 Å². The lowest BCUT2D eigenvalue weighted by Crippen LogP contribution is -2.33. The molecular weight excluding hydrogens is 292 g/mol. The van der Waals surface area contributed by atoms with E-state index in [4.69, 9.17) is 5.11 Å². The first-order chi connectivity index (χ1) is 11.1. The number of benzene rings is 1. The van der Waals surface area contributed by atoms with Crippen LogP contribution < -0.4 is 0 Å². The number of carbonyl (C=O) groups is 2. The van der Waals surface area contributed by atoms with Crippen LogP contribution in [0.15, 0.2) is 48.7 Å². The number of aromatic carboxylic acids is 1. The first kappa shape index (κ1) is 16.7. The predicted molar refractivity (Wildman–Crippen MR) is 87.5 cm³/mol. The van der Waals surface area contributed by atoms with Crippen LogP contribution in [0.1, 0.15) is 39.8 Å². The van der Waals surface area contributed by atoms with Crippen molar-refractivity contribution < 1.29 is 14.7 Å². The molecule has 1 amide bonds. The van der Waals surface area contributed by atoms with Crippen LogP contribution in [0.5, 0.6) is 0 Å². The molecule has 5 nitrogen and oxygen atoms in total. The molecule has 0 unspecified atom stereocenters. The highest BCUT2D eigenvalue weighted by Gasteiger charge is 2.16. The van der Waals surface area contributed by atoms with E-state index in [2.05, 4.69) is 4.98 Å². The summed E-state index contributed by atoms with van der Waals surface area (Å²) in [5.41, 5.74) is 1.46. The minimum absolute atomic E-state index is 0.122. The van der Waals surface area contributed by atoms with Gasteiger partial charge in [-0.05, 0) is 36.8 Å². The van der Waals surface area contributed by atoms with Crippen LogP contribution >= 0.6 is 0 Å². The summed E-state index contributed by atoms with van der Waals surface area (Å²) in [6, 6.07) is 11.9. The number of carbonyl (C=O) groups excluding carboxylic acids is 1. The van der Waals surface area contributed by atoms with E-state index in [1.807, 2.05) is 25.1 Å². The Hall–Kier alpha value is -2.69. The normalized spacial score (nSPS) is 10.3. The first-order valence-electron chi connectivity index (χ1n) is 7.64. The largest absolute Gasteiger partial charge is 0.478 e. The maximum Gasteiger partial charge on any atom is 0.335 e. The Morgan fingerprint density at radius 1 is 1.09 bits per heavy atom. The molecule has 2 aromatic rings. The Balaban J connectivity index is 2.11. The van der Waals surface area contributed by atoms with Crippen molar-refractivity contribution in [2.45, 2.75) is 19.8 Å². The molecule has 1 aromatic carbocycles. The molecule has 5 heteroatoms. The number of pyridine rings is 1. The van der Waals surface area contributed by atoms with Gasteiger partial charge in [-0.15, -0.1) is 0 Å². The van der Waals surface area contributed by atoms with Crippen LogP contribution in [-0.4, -0.2) is 40.0 Å². The monoisotopic (exact) mass is 312 g/mol. The van der Waals surface area contributed by atoms with Gasteiger partial charge in [0.1, 0.15) is 0 Å². The van der Waals surface area contributed by atoms with Gasteiger partial charge in [0.25, 0.3) is 5.91 Å². The number of carboxylic acids is 1. The molecule has 0 aliphatic heterocycles. The lowest BCUT2D eigenvalue weighted by molar-refractivity contribution is 0.0697. The molecule has 23 heavy (non-hydrogen) atoms. The Morgan fingerprint density at radius 2 is 1.87 bits per heavy atom. The van der Waals surface area contributed by atoms with Crippen molar-refractivity contribution in [2.75, 3.05) is 13.1 Å². The Morgan fingerprint density at radius 3 is 2.52 bits per heavy atom. The summed E-state index contributed by atoms with van der Waals surface area (Å²) in [6.07, 6.45) is 3.25. The molecule has 1 N–H and O–H groups in total. The van der Waals surface area contributed by atoms with E-state index < -0.39 is 5.97 Å². The molecule has 0 bridgehead atoms. The lowest BCUT2D eigenvalue weighted by Gasteiger charge is -2.22. The fourth-order valence-corrected chi connectivity index (χ4v) is 2.35. The molecule has 0 fully saturated rings. The maximum absolute atomic E-state index is 12.6. The van der Waals surface area contributed by atoms with Crippen LogP contribution in [0.4, 0.5) is 0 Å². The first-order valence-corrected chi connectivity index (χ1v) is 7.64. The summed E-state index contributed by atoms with van der Waals surface area (Å²) >= 11 is 0. The molecule has 1 aromatic heterocycles. The van der Waals surface area contributed by atoms with Gasteiger partial charge < -0.3 is 10.0 Å². The van der Waals surface area contributed by atoms with Gasteiger partial charge in [0.15, 0.2) is 0 Å². The molecule has 1 heterocycles. The Kier molecular flexibility index (Phi) is 5.86. The highest BCUT2D eigenvalue weighted by molar-refractivity contribution is 5.97. The molecule has 2 rings (SSSR count). The van der Waals surface area contributed by atoms with Crippen molar-refractivity contribution in [1.82, 2.24) is 9.88 Å². The molecule has 0 aliphatic carbocycles. The van der Waals surface area contributed by atoms with Crippen molar-refractivity contribution in [3.63, 3.8) is 0 Å². The summed E-state index contributed by atoms with van der Waals surface area (Å²) in [7, 11) is 0. The summed E-state index contributed by atoms with van der Waals surface area (Å²) in [5.74, 6) is -1.18. The van der Waals surface area contributed by atoms with Crippen LogP contribution in [0, 0.1) is 0 Å². The number of hydrogen-bond donors (Lipinski definition) is 1. The van der Waals surface area contributed by atoms with E-state index >= 15 is 0 Å². The molecular formula is C18H20N2O3. The van der Waals surface area contributed by atoms with E-state index in [0.717, 1.165) is 12.1 Å². The topological polar surface area (TPSA) is 70.5 Å². The highest BCUT2D eigenvalue weighted by Crippen LogP contribution is 2.10. The average Bonchev–Trinajstić information content (AvgIpc) is 2.59. The molecule has 120 valence electrons. The van der Waals surface area contributed by atoms with Gasteiger partial charge in [-0.2, -0.15) is 0 Å². The summed E-state index contributed by atoms with van der Waals surface area (Å²) < 4.78 is 0. The number of aromatic nitrogens is 1. The van der Waals surface area contributed by atoms with Gasteiger partial charge in [0.05, 0.1) is 5.56 Å². The summed E-state index contributed by atoms with van der Waals surface area (Å²) in [6.45, 7) is 3.19. The van der Waals surface area contributed by atoms with Crippen molar-refractivity contribution in [3.8, 4) is 0 Å². The smallest absolute Gasteiger partial charge is 0.335 e. The number of carboxylic acid groups (broad SMARTS) is 1. The second-order valence-corrected chi connectivity index (χ2v) is 5.25. The van der Waals surface area contributed by atoms with E-state index in [1.54, 1.807) is 23.2 Å². The van der Waals surface area contributed by atoms with Gasteiger partial charge in [-0.3, -0.25) is 9.78 Å². The second-order valence-electron chi connectivity index (χ2n) is 5.25. The minimum Gasteiger partial charge on any atom is -0.478 e. The quantitative estimate of drug-likeness (QED) is 0.853. The van der Waals surface area contributed by atoms with E-state index in [9.17, 15) is 9.59 Å². The SMILES string of the molecule is CCCN(CCc1ccccn1)C(=O)c1cccc(C(=O)O)c1. The van der Waals surface area contributed by atoms with Gasteiger partial charge in [0.2, 0.25) is 0 Å².